The van der Waals surface area contributed by atoms with Crippen LogP contribution in [0.3, 0.4) is 0 Å². The molecule has 0 spiro atoms. The normalized spacial score (nSPS) is 11.6. The van der Waals surface area contributed by atoms with Gasteiger partial charge in [0.1, 0.15) is 0 Å². The summed E-state index contributed by atoms with van der Waals surface area (Å²) in [5.74, 6) is 0.679. The molecule has 3 aromatic heterocycles. The van der Waals surface area contributed by atoms with Gasteiger partial charge in [-0.1, -0.05) is 109 Å². The predicted octanol–water partition coefficient (Wildman–Crippen LogP) is 10.4. The molecule has 0 N–H and O–H groups in total. The van der Waals surface area contributed by atoms with Gasteiger partial charge < -0.3 is 0 Å². The molecule has 6 heteroatoms. The maximum Gasteiger partial charge on any atom is 0.328 e. The van der Waals surface area contributed by atoms with Crippen LogP contribution in [0, 0.1) is 0 Å². The van der Waals surface area contributed by atoms with Crippen LogP contribution in [0.25, 0.3) is 87.4 Å². The second kappa shape index (κ2) is 11.5. The van der Waals surface area contributed by atoms with Gasteiger partial charge in [0.05, 0.1) is 22.4 Å². The maximum atomic E-state index is 12.6. The van der Waals surface area contributed by atoms with Gasteiger partial charge in [0.2, 0.25) is 0 Å². The van der Waals surface area contributed by atoms with Crippen LogP contribution in [0.1, 0.15) is 0 Å². The number of thiophene rings is 1. The molecule has 0 radical (unpaired) electrons. The minimum atomic E-state index is -0.0343. The average molecular weight is 651 g/mol. The molecule has 0 amide bonds. The van der Waals surface area contributed by atoms with Crippen molar-refractivity contribution < 1.29 is 0 Å². The minimum absolute atomic E-state index is 0.0343. The zero-order valence-corrected chi connectivity index (χ0v) is 27.8. The van der Waals surface area contributed by atoms with Crippen LogP contribution in [0.5, 0.6) is 0 Å². The standard InChI is InChI=1S/C43H30N4OS/c1-46-37-23-22-31(25-38(37)47(2)43(46)48)30-12-8-13-32(24-30)36-26-35(44-42(45-36)29-10-4-3-5-11-29)28-20-18-27(19-21-28)33-15-9-17-40-41(33)34-14-6-7-16-39(34)49-40/h3-26H,1-2H3. The second-order valence-electron chi connectivity index (χ2n) is 12.4. The molecular weight excluding hydrogens is 621 g/mol. The third kappa shape index (κ3) is 4.96. The lowest BCUT2D eigenvalue weighted by atomic mass is 9.97. The molecule has 0 unspecified atom stereocenters. The third-order valence-corrected chi connectivity index (χ3v) is 10.6. The number of nitrogens with zero attached hydrogens (tertiary/aromatic N) is 4. The SMILES string of the molecule is Cn1c(=O)n(C)c2cc(-c3cccc(-c4cc(-c5ccc(-c6cccc7sc8ccccc8c67)cc5)nc(-c5ccccc5)n4)c3)ccc21. The fourth-order valence-electron chi connectivity index (χ4n) is 6.84. The Morgan fingerprint density at radius 2 is 1.10 bits per heavy atom. The Morgan fingerprint density at radius 1 is 0.490 bits per heavy atom. The molecule has 49 heavy (non-hydrogen) atoms. The van der Waals surface area contributed by atoms with Gasteiger partial charge in [-0.15, -0.1) is 11.3 Å². The third-order valence-electron chi connectivity index (χ3n) is 9.42. The van der Waals surface area contributed by atoms with Crippen molar-refractivity contribution in [3.8, 4) is 56.2 Å². The Balaban J connectivity index is 1.14. The van der Waals surface area contributed by atoms with Crippen LogP contribution in [0.4, 0.5) is 0 Å². The van der Waals surface area contributed by atoms with Gasteiger partial charge in [0.25, 0.3) is 0 Å². The molecule has 0 fully saturated rings. The summed E-state index contributed by atoms with van der Waals surface area (Å²) in [6.07, 6.45) is 0. The minimum Gasteiger partial charge on any atom is -0.295 e. The van der Waals surface area contributed by atoms with Crippen LogP contribution in [0.2, 0.25) is 0 Å². The smallest absolute Gasteiger partial charge is 0.295 e. The van der Waals surface area contributed by atoms with E-state index in [1.807, 2.05) is 54.8 Å². The molecule has 0 bridgehead atoms. The van der Waals surface area contributed by atoms with Crippen molar-refractivity contribution in [3.05, 3.63) is 156 Å². The summed E-state index contributed by atoms with van der Waals surface area (Å²) in [7, 11) is 3.62. The number of aryl methyl sites for hydroxylation is 2. The Labute approximate surface area is 287 Å². The lowest BCUT2D eigenvalue weighted by Gasteiger charge is -2.11. The number of fused-ring (bicyclic) bond motifs is 4. The van der Waals surface area contributed by atoms with E-state index in [1.54, 1.807) is 16.2 Å². The van der Waals surface area contributed by atoms with E-state index in [1.165, 1.54) is 31.3 Å². The number of hydrogen-bond donors (Lipinski definition) is 0. The molecule has 9 rings (SSSR count). The van der Waals surface area contributed by atoms with Crippen LogP contribution < -0.4 is 5.69 Å². The highest BCUT2D eigenvalue weighted by Gasteiger charge is 2.15. The van der Waals surface area contributed by atoms with Gasteiger partial charge in [0.15, 0.2) is 5.82 Å². The second-order valence-corrected chi connectivity index (χ2v) is 13.5. The Kier molecular flexibility index (Phi) is 6.85. The van der Waals surface area contributed by atoms with E-state index < -0.39 is 0 Å². The molecule has 9 aromatic rings. The first-order chi connectivity index (χ1) is 24.0. The van der Waals surface area contributed by atoms with Gasteiger partial charge >= 0.3 is 5.69 Å². The predicted molar refractivity (Wildman–Crippen MR) is 204 cm³/mol. The van der Waals surface area contributed by atoms with E-state index in [0.29, 0.717) is 5.82 Å². The monoisotopic (exact) mass is 650 g/mol. The summed E-state index contributed by atoms with van der Waals surface area (Å²) in [6, 6.07) is 50.8. The molecular formula is C43H30N4OS. The number of benzene rings is 6. The Bertz CT molecular complexity index is 2760. The van der Waals surface area contributed by atoms with Gasteiger partial charge in [-0.3, -0.25) is 9.13 Å². The van der Waals surface area contributed by atoms with E-state index in [9.17, 15) is 4.79 Å². The molecule has 0 saturated carbocycles. The highest BCUT2D eigenvalue weighted by Crippen LogP contribution is 2.40. The van der Waals surface area contributed by atoms with E-state index in [2.05, 4.69) is 109 Å². The van der Waals surface area contributed by atoms with Crippen LogP contribution in [-0.2, 0) is 14.1 Å². The van der Waals surface area contributed by atoms with E-state index in [0.717, 1.165) is 50.2 Å². The van der Waals surface area contributed by atoms with Crippen LogP contribution in [-0.4, -0.2) is 19.1 Å². The highest BCUT2D eigenvalue weighted by molar-refractivity contribution is 7.25. The largest absolute Gasteiger partial charge is 0.328 e. The zero-order chi connectivity index (χ0) is 33.1. The summed E-state index contributed by atoms with van der Waals surface area (Å²) in [5, 5.41) is 2.60. The topological polar surface area (TPSA) is 52.7 Å². The number of imidazole rings is 1. The Morgan fingerprint density at radius 3 is 1.94 bits per heavy atom. The van der Waals surface area contributed by atoms with Gasteiger partial charge in [-0.05, 0) is 58.7 Å². The van der Waals surface area contributed by atoms with E-state index in [4.69, 9.17) is 9.97 Å². The molecule has 0 aliphatic carbocycles. The quantitative estimate of drug-likeness (QED) is 0.186. The molecule has 0 saturated heterocycles. The first kappa shape index (κ1) is 29.1. The van der Waals surface area contributed by atoms with Gasteiger partial charge in [-0.25, -0.2) is 14.8 Å². The number of hydrogen-bond acceptors (Lipinski definition) is 4. The van der Waals surface area contributed by atoms with Crippen molar-refractivity contribution in [1.82, 2.24) is 19.1 Å². The Hall–Kier alpha value is -6.11. The van der Waals surface area contributed by atoms with Crippen molar-refractivity contribution >= 4 is 42.5 Å². The first-order valence-electron chi connectivity index (χ1n) is 16.2. The fourth-order valence-corrected chi connectivity index (χ4v) is 7.97. The van der Waals surface area contributed by atoms with Crippen molar-refractivity contribution in [2.75, 3.05) is 0 Å². The zero-order valence-electron chi connectivity index (χ0n) is 27.0. The average Bonchev–Trinajstić information content (AvgIpc) is 3.65. The molecule has 0 aliphatic heterocycles. The summed E-state index contributed by atoms with van der Waals surface area (Å²) >= 11 is 1.84. The van der Waals surface area contributed by atoms with Gasteiger partial charge in [0, 0.05) is 51.0 Å². The summed E-state index contributed by atoms with van der Waals surface area (Å²) in [5.41, 5.74) is 11.0. The molecule has 234 valence electrons. The lowest BCUT2D eigenvalue weighted by Crippen LogP contribution is -2.19. The van der Waals surface area contributed by atoms with Crippen molar-refractivity contribution in [3.63, 3.8) is 0 Å². The molecule has 5 nitrogen and oxygen atoms in total. The summed E-state index contributed by atoms with van der Waals surface area (Å²) < 4.78 is 5.98. The van der Waals surface area contributed by atoms with Gasteiger partial charge in [-0.2, -0.15) is 0 Å². The highest BCUT2D eigenvalue weighted by atomic mass is 32.1. The molecule has 6 aromatic carbocycles. The van der Waals surface area contributed by atoms with Crippen molar-refractivity contribution in [1.29, 1.82) is 0 Å². The van der Waals surface area contributed by atoms with Crippen molar-refractivity contribution in [2.24, 2.45) is 14.1 Å². The van der Waals surface area contributed by atoms with E-state index >= 15 is 0 Å². The molecule has 0 atom stereocenters. The van der Waals surface area contributed by atoms with Crippen LogP contribution >= 0.6 is 11.3 Å². The molecule has 3 heterocycles. The fraction of sp³-hybridized carbons (Fsp3) is 0.0465. The molecule has 0 aliphatic rings. The number of aromatic nitrogens is 4. The van der Waals surface area contributed by atoms with E-state index in [-0.39, 0.29) is 5.69 Å². The first-order valence-corrected chi connectivity index (χ1v) is 17.1. The summed E-state index contributed by atoms with van der Waals surface area (Å²) in [4.78, 5) is 22.7. The summed E-state index contributed by atoms with van der Waals surface area (Å²) in [6.45, 7) is 0. The maximum absolute atomic E-state index is 12.6. The van der Waals surface area contributed by atoms with Crippen molar-refractivity contribution in [2.45, 2.75) is 0 Å². The number of rotatable bonds is 5. The lowest BCUT2D eigenvalue weighted by molar-refractivity contribution is 0.795. The van der Waals surface area contributed by atoms with Crippen LogP contribution in [0.15, 0.2) is 150 Å².